The molecule has 2 N–H and O–H groups in total. The van der Waals surface area contributed by atoms with E-state index < -0.39 is 24.2 Å². The fourth-order valence-corrected chi connectivity index (χ4v) is 3.60. The van der Waals surface area contributed by atoms with Crippen molar-refractivity contribution in [3.8, 4) is 0 Å². The quantitative estimate of drug-likeness (QED) is 0.789. The van der Waals surface area contributed by atoms with Crippen LogP contribution < -0.4 is 5.73 Å². The number of cyclic esters (lactones) is 1. The average Bonchev–Trinajstić information content (AvgIpc) is 3.28. The van der Waals surface area contributed by atoms with Crippen LogP contribution in [0.5, 0.6) is 0 Å². The Morgan fingerprint density at radius 3 is 2.46 bits per heavy atom. The van der Waals surface area contributed by atoms with Crippen LogP contribution in [0.15, 0.2) is 0 Å². The van der Waals surface area contributed by atoms with E-state index >= 15 is 0 Å². The Kier molecular flexibility index (Phi) is 5.76. The number of rotatable bonds is 4. The Labute approximate surface area is 143 Å². The molecular formula is C18H29NO5. The number of nitrogens with two attached hydrogens (primary N) is 1. The summed E-state index contributed by atoms with van der Waals surface area (Å²) in [5.74, 6) is -0.599. The number of hydrogen-bond donors (Lipinski definition) is 1. The summed E-state index contributed by atoms with van der Waals surface area (Å²) in [5, 5.41) is 0. The highest BCUT2D eigenvalue weighted by molar-refractivity contribution is 5.76. The van der Waals surface area contributed by atoms with Crippen molar-refractivity contribution in [1.29, 1.82) is 0 Å². The summed E-state index contributed by atoms with van der Waals surface area (Å²) < 4.78 is 17.5. The van der Waals surface area contributed by atoms with E-state index in [4.69, 9.17) is 19.9 Å². The van der Waals surface area contributed by atoms with E-state index in [0.717, 1.165) is 38.5 Å². The van der Waals surface area contributed by atoms with E-state index in [1.807, 2.05) is 0 Å². The van der Waals surface area contributed by atoms with Crippen LogP contribution in [-0.2, 0) is 23.8 Å². The molecule has 0 aromatic rings. The van der Waals surface area contributed by atoms with Crippen LogP contribution in [0.4, 0.5) is 0 Å². The van der Waals surface area contributed by atoms with Crippen LogP contribution in [0.1, 0.15) is 64.7 Å². The average molecular weight is 339 g/mol. The second kappa shape index (κ2) is 7.83. The van der Waals surface area contributed by atoms with Gasteiger partial charge in [0.25, 0.3) is 0 Å². The molecule has 1 saturated heterocycles. The Bertz CT molecular complexity index is 458. The van der Waals surface area contributed by atoms with Gasteiger partial charge in [-0.2, -0.15) is 0 Å². The zero-order valence-corrected chi connectivity index (χ0v) is 14.4. The van der Waals surface area contributed by atoms with Crippen molar-refractivity contribution in [3.63, 3.8) is 0 Å². The molecule has 0 radical (unpaired) electrons. The Hall–Kier alpha value is -1.14. The molecule has 0 amide bonds. The minimum absolute atomic E-state index is 0.00918. The predicted molar refractivity (Wildman–Crippen MR) is 87.1 cm³/mol. The Morgan fingerprint density at radius 1 is 1.08 bits per heavy atom. The number of hydrogen-bond acceptors (Lipinski definition) is 6. The van der Waals surface area contributed by atoms with Gasteiger partial charge in [0.2, 0.25) is 0 Å². The first-order valence-electron chi connectivity index (χ1n) is 9.36. The molecule has 2 saturated carbocycles. The lowest BCUT2D eigenvalue weighted by molar-refractivity contribution is -0.184. The highest BCUT2D eigenvalue weighted by Crippen LogP contribution is 2.33. The maximum absolute atomic E-state index is 12.2. The van der Waals surface area contributed by atoms with Gasteiger partial charge in [0.05, 0.1) is 18.1 Å². The van der Waals surface area contributed by atoms with E-state index in [2.05, 4.69) is 0 Å². The zero-order valence-electron chi connectivity index (χ0n) is 14.4. The molecule has 3 aliphatic rings. The first kappa shape index (κ1) is 17.7. The van der Waals surface area contributed by atoms with Gasteiger partial charge in [-0.3, -0.25) is 9.59 Å². The second-order valence-corrected chi connectivity index (χ2v) is 7.44. The standard InChI is InChI=1S/C18H29NO5/c1-11-16(24-17(20)12-9-10-12)15(23-13-5-2-3-6-13)8-4-7-14(19)18(21)22-11/h11-16H,2-10,19H2,1H3/t11-,14-,15-,16-/m0/s1. The van der Waals surface area contributed by atoms with Gasteiger partial charge in [0.15, 0.2) is 6.10 Å². The van der Waals surface area contributed by atoms with Crippen LogP contribution >= 0.6 is 0 Å². The lowest BCUT2D eigenvalue weighted by atomic mass is 10.0. The lowest BCUT2D eigenvalue weighted by Gasteiger charge is -2.32. The summed E-state index contributed by atoms with van der Waals surface area (Å²) in [6.07, 6.45) is 7.18. The van der Waals surface area contributed by atoms with Gasteiger partial charge in [-0.15, -0.1) is 0 Å². The third-order valence-electron chi connectivity index (χ3n) is 5.27. The van der Waals surface area contributed by atoms with Gasteiger partial charge in [-0.1, -0.05) is 12.8 Å². The maximum Gasteiger partial charge on any atom is 0.323 e. The van der Waals surface area contributed by atoms with Gasteiger partial charge in [-0.05, 0) is 51.9 Å². The minimum Gasteiger partial charge on any atom is -0.457 e. The lowest BCUT2D eigenvalue weighted by Crippen LogP contribution is -2.45. The molecule has 0 unspecified atom stereocenters. The molecule has 3 fully saturated rings. The van der Waals surface area contributed by atoms with E-state index in [9.17, 15) is 9.59 Å². The van der Waals surface area contributed by atoms with Crippen molar-refractivity contribution in [2.24, 2.45) is 11.7 Å². The molecular weight excluding hydrogens is 310 g/mol. The van der Waals surface area contributed by atoms with Gasteiger partial charge in [0, 0.05) is 0 Å². The largest absolute Gasteiger partial charge is 0.457 e. The number of esters is 2. The predicted octanol–water partition coefficient (Wildman–Crippen LogP) is 2.08. The third-order valence-corrected chi connectivity index (χ3v) is 5.27. The number of ether oxygens (including phenoxy) is 3. The normalized spacial score (nSPS) is 35.7. The summed E-state index contributed by atoms with van der Waals surface area (Å²) in [6, 6.07) is -0.613. The molecule has 1 aliphatic heterocycles. The van der Waals surface area contributed by atoms with Gasteiger partial charge >= 0.3 is 11.9 Å². The van der Waals surface area contributed by atoms with Crippen molar-refractivity contribution in [2.75, 3.05) is 0 Å². The van der Waals surface area contributed by atoms with Crippen LogP contribution in [-0.4, -0.2) is 42.4 Å². The van der Waals surface area contributed by atoms with E-state index in [-0.39, 0.29) is 24.1 Å². The second-order valence-electron chi connectivity index (χ2n) is 7.44. The molecule has 4 atom stereocenters. The van der Waals surface area contributed by atoms with Crippen molar-refractivity contribution in [1.82, 2.24) is 0 Å². The smallest absolute Gasteiger partial charge is 0.323 e. The van der Waals surface area contributed by atoms with Crippen LogP contribution in [0.3, 0.4) is 0 Å². The van der Waals surface area contributed by atoms with Gasteiger partial charge in [-0.25, -0.2) is 0 Å². The first-order valence-corrected chi connectivity index (χ1v) is 9.36. The fourth-order valence-electron chi connectivity index (χ4n) is 3.60. The Morgan fingerprint density at radius 2 is 1.79 bits per heavy atom. The van der Waals surface area contributed by atoms with Gasteiger partial charge < -0.3 is 19.9 Å². The summed E-state index contributed by atoms with van der Waals surface area (Å²) in [5.41, 5.74) is 5.87. The number of carbonyl (C=O) groups is 2. The highest BCUT2D eigenvalue weighted by Gasteiger charge is 2.40. The monoisotopic (exact) mass is 339 g/mol. The molecule has 0 aromatic carbocycles. The molecule has 6 nitrogen and oxygen atoms in total. The van der Waals surface area contributed by atoms with E-state index in [1.54, 1.807) is 6.92 Å². The Balaban J connectivity index is 1.72. The topological polar surface area (TPSA) is 87.8 Å². The van der Waals surface area contributed by atoms with Crippen molar-refractivity contribution in [3.05, 3.63) is 0 Å². The molecule has 0 spiro atoms. The molecule has 3 rings (SSSR count). The molecule has 0 aromatic heterocycles. The third kappa shape index (κ3) is 4.48. The van der Waals surface area contributed by atoms with E-state index in [1.165, 1.54) is 12.8 Å². The summed E-state index contributed by atoms with van der Waals surface area (Å²) in [7, 11) is 0. The maximum atomic E-state index is 12.2. The zero-order chi connectivity index (χ0) is 17.1. The highest BCUT2D eigenvalue weighted by atomic mass is 16.6. The summed E-state index contributed by atoms with van der Waals surface area (Å²) >= 11 is 0. The fraction of sp³-hybridized carbons (Fsp3) is 0.889. The summed E-state index contributed by atoms with van der Waals surface area (Å²) in [6.45, 7) is 1.77. The molecule has 6 heteroatoms. The minimum atomic E-state index is -0.613. The van der Waals surface area contributed by atoms with E-state index in [0.29, 0.717) is 6.42 Å². The van der Waals surface area contributed by atoms with Crippen LogP contribution in [0.2, 0.25) is 0 Å². The summed E-state index contributed by atoms with van der Waals surface area (Å²) in [4.78, 5) is 24.2. The molecule has 0 bridgehead atoms. The molecule has 2 aliphatic carbocycles. The SMILES string of the molecule is C[C@@H]1OC(=O)[C@@H](N)CCC[C@H](OC2CCCC2)[C@H]1OC(=O)C1CC1. The van der Waals surface area contributed by atoms with Crippen LogP contribution in [0, 0.1) is 5.92 Å². The van der Waals surface area contributed by atoms with Gasteiger partial charge in [0.1, 0.15) is 12.1 Å². The van der Waals surface area contributed by atoms with Crippen molar-refractivity contribution < 1.29 is 23.8 Å². The first-order chi connectivity index (χ1) is 11.5. The van der Waals surface area contributed by atoms with Crippen molar-refractivity contribution in [2.45, 2.75) is 95.2 Å². The molecule has 136 valence electrons. The van der Waals surface area contributed by atoms with Crippen molar-refractivity contribution >= 4 is 11.9 Å². The van der Waals surface area contributed by atoms with Crippen LogP contribution in [0.25, 0.3) is 0 Å². The molecule has 24 heavy (non-hydrogen) atoms. The number of carbonyl (C=O) groups excluding carboxylic acids is 2. The molecule has 1 heterocycles.